The maximum atomic E-state index is 11.5. The van der Waals surface area contributed by atoms with E-state index in [1.54, 1.807) is 6.92 Å². The van der Waals surface area contributed by atoms with Crippen LogP contribution >= 0.6 is 12.2 Å². The van der Waals surface area contributed by atoms with Gasteiger partial charge in [0.15, 0.2) is 5.11 Å². The molecule has 0 amide bonds. The van der Waals surface area contributed by atoms with Crippen LogP contribution in [-0.4, -0.2) is 23.0 Å². The first kappa shape index (κ1) is 14.4. The molecular formula is C12H16N2O3S. The molecule has 0 unspecified atom stereocenters. The Kier molecular flexibility index (Phi) is 5.51. The highest BCUT2D eigenvalue weighted by atomic mass is 32.1. The standard InChI is InChI=1S/C12H16N2O3S/c1-3-4-5-13-12(18)14-7-9-10(15)6-8(2)17-11(9)16/h6-7,15H,3-5H2,1-2H3,(H,13,18)/b14-7+. The van der Waals surface area contributed by atoms with Crippen LogP contribution in [0, 0.1) is 6.92 Å². The fourth-order valence-electron chi connectivity index (χ4n) is 1.27. The van der Waals surface area contributed by atoms with Gasteiger partial charge in [0.1, 0.15) is 17.1 Å². The van der Waals surface area contributed by atoms with Gasteiger partial charge in [-0.2, -0.15) is 0 Å². The second-order valence-electron chi connectivity index (χ2n) is 3.79. The average Bonchev–Trinajstić information content (AvgIpc) is 2.27. The molecule has 0 fully saturated rings. The molecule has 1 aromatic heterocycles. The van der Waals surface area contributed by atoms with E-state index in [1.807, 2.05) is 0 Å². The predicted molar refractivity (Wildman–Crippen MR) is 74.5 cm³/mol. The molecule has 0 spiro atoms. The lowest BCUT2D eigenvalue weighted by Crippen LogP contribution is -2.21. The molecule has 0 aromatic carbocycles. The van der Waals surface area contributed by atoms with E-state index in [-0.39, 0.29) is 16.4 Å². The summed E-state index contributed by atoms with van der Waals surface area (Å²) in [6, 6.07) is 1.36. The molecule has 0 aliphatic rings. The number of nitrogens with one attached hydrogen (secondary N) is 1. The molecule has 0 bridgehead atoms. The van der Waals surface area contributed by atoms with Crippen LogP contribution < -0.4 is 10.9 Å². The SMILES string of the molecule is CCCCNC(=S)/N=C/c1c(O)cc(C)oc1=O. The van der Waals surface area contributed by atoms with Gasteiger partial charge in [0.2, 0.25) is 0 Å². The number of aryl methyl sites for hydroxylation is 1. The smallest absolute Gasteiger partial charge is 0.348 e. The number of hydrogen-bond donors (Lipinski definition) is 2. The van der Waals surface area contributed by atoms with Crippen LogP contribution in [0.15, 0.2) is 20.3 Å². The summed E-state index contributed by atoms with van der Waals surface area (Å²) in [5.41, 5.74) is -0.632. The fraction of sp³-hybridized carbons (Fsp3) is 0.417. The van der Waals surface area contributed by atoms with Crippen LogP contribution in [0.1, 0.15) is 31.1 Å². The van der Waals surface area contributed by atoms with Gasteiger partial charge in [0.05, 0.1) is 0 Å². The van der Waals surface area contributed by atoms with E-state index >= 15 is 0 Å². The van der Waals surface area contributed by atoms with Crippen LogP contribution in [0.4, 0.5) is 0 Å². The van der Waals surface area contributed by atoms with E-state index in [4.69, 9.17) is 16.6 Å². The molecule has 1 heterocycles. The minimum absolute atomic E-state index is 0.000224. The van der Waals surface area contributed by atoms with Gasteiger partial charge in [-0.1, -0.05) is 13.3 Å². The number of aromatic hydroxyl groups is 1. The van der Waals surface area contributed by atoms with Crippen LogP contribution in [0.25, 0.3) is 0 Å². The Labute approximate surface area is 111 Å². The molecule has 0 saturated carbocycles. The van der Waals surface area contributed by atoms with Crippen molar-refractivity contribution >= 4 is 23.5 Å². The van der Waals surface area contributed by atoms with Gasteiger partial charge in [0, 0.05) is 18.8 Å². The van der Waals surface area contributed by atoms with Crippen LogP contribution in [0.5, 0.6) is 5.75 Å². The number of nitrogens with zero attached hydrogens (tertiary/aromatic N) is 1. The third-order valence-electron chi connectivity index (χ3n) is 2.21. The topological polar surface area (TPSA) is 74.8 Å². The van der Waals surface area contributed by atoms with E-state index in [0.717, 1.165) is 19.4 Å². The summed E-state index contributed by atoms with van der Waals surface area (Å²) in [7, 11) is 0. The highest BCUT2D eigenvalue weighted by Gasteiger charge is 2.07. The molecule has 0 aliphatic heterocycles. The second-order valence-corrected chi connectivity index (χ2v) is 4.17. The summed E-state index contributed by atoms with van der Waals surface area (Å²) >= 11 is 4.96. The van der Waals surface area contributed by atoms with Gasteiger partial charge >= 0.3 is 5.63 Å². The van der Waals surface area contributed by atoms with Gasteiger partial charge in [-0.05, 0) is 25.6 Å². The molecule has 1 aromatic rings. The molecule has 0 radical (unpaired) electrons. The molecule has 1 rings (SSSR count). The van der Waals surface area contributed by atoms with Gasteiger partial charge in [-0.15, -0.1) is 0 Å². The fourth-order valence-corrected chi connectivity index (χ4v) is 1.42. The van der Waals surface area contributed by atoms with Crippen molar-refractivity contribution < 1.29 is 9.52 Å². The Balaban J connectivity index is 2.73. The zero-order valence-corrected chi connectivity index (χ0v) is 11.2. The van der Waals surface area contributed by atoms with E-state index in [9.17, 15) is 9.90 Å². The molecule has 0 atom stereocenters. The number of thiocarbonyl (C=S) groups is 1. The zero-order chi connectivity index (χ0) is 13.5. The minimum atomic E-state index is -0.632. The summed E-state index contributed by atoms with van der Waals surface area (Å²) in [6.07, 6.45) is 3.26. The van der Waals surface area contributed by atoms with Gasteiger partial charge < -0.3 is 14.8 Å². The lowest BCUT2D eigenvalue weighted by atomic mass is 10.2. The third-order valence-corrected chi connectivity index (χ3v) is 2.46. The first-order valence-corrected chi connectivity index (χ1v) is 6.11. The molecule has 98 valence electrons. The Morgan fingerprint density at radius 3 is 3.00 bits per heavy atom. The maximum Gasteiger partial charge on any atom is 0.348 e. The summed E-state index contributed by atoms with van der Waals surface area (Å²) in [6.45, 7) is 4.39. The van der Waals surface area contributed by atoms with Crippen molar-refractivity contribution in [1.29, 1.82) is 0 Å². The molecule has 18 heavy (non-hydrogen) atoms. The molecule has 0 saturated heterocycles. The summed E-state index contributed by atoms with van der Waals surface area (Å²) in [5.74, 6) is 0.183. The van der Waals surface area contributed by atoms with Crippen molar-refractivity contribution in [3.05, 3.63) is 27.8 Å². The van der Waals surface area contributed by atoms with Gasteiger partial charge in [-0.3, -0.25) is 0 Å². The molecular weight excluding hydrogens is 252 g/mol. The van der Waals surface area contributed by atoms with Crippen LogP contribution in [0.3, 0.4) is 0 Å². The maximum absolute atomic E-state index is 11.5. The lowest BCUT2D eigenvalue weighted by molar-refractivity contribution is 0.433. The quantitative estimate of drug-likeness (QED) is 0.494. The number of unbranched alkanes of at least 4 members (excludes halogenated alkanes) is 1. The molecule has 0 aliphatic carbocycles. The molecule has 6 heteroatoms. The minimum Gasteiger partial charge on any atom is -0.507 e. The second kappa shape index (κ2) is 6.90. The van der Waals surface area contributed by atoms with Crippen molar-refractivity contribution in [2.45, 2.75) is 26.7 Å². The Hall–Kier alpha value is -1.69. The average molecular weight is 268 g/mol. The Morgan fingerprint density at radius 2 is 2.39 bits per heavy atom. The van der Waals surface area contributed by atoms with E-state index in [2.05, 4.69) is 17.2 Å². The first-order valence-electron chi connectivity index (χ1n) is 5.70. The Bertz CT molecular complexity index is 509. The van der Waals surface area contributed by atoms with Crippen molar-refractivity contribution in [1.82, 2.24) is 5.32 Å². The number of hydrogen-bond acceptors (Lipinski definition) is 4. The van der Waals surface area contributed by atoms with E-state index in [1.165, 1.54) is 12.3 Å². The Morgan fingerprint density at radius 1 is 1.67 bits per heavy atom. The number of rotatable bonds is 4. The normalized spacial score (nSPS) is 10.8. The highest BCUT2D eigenvalue weighted by molar-refractivity contribution is 7.80. The van der Waals surface area contributed by atoms with Crippen molar-refractivity contribution in [3.63, 3.8) is 0 Å². The predicted octanol–water partition coefficient (Wildman–Crippen LogP) is 1.75. The molecule has 5 nitrogen and oxygen atoms in total. The largest absolute Gasteiger partial charge is 0.507 e. The summed E-state index contributed by atoms with van der Waals surface area (Å²) in [5, 5.41) is 12.8. The monoisotopic (exact) mass is 268 g/mol. The van der Waals surface area contributed by atoms with Crippen molar-refractivity contribution in [3.8, 4) is 5.75 Å². The van der Waals surface area contributed by atoms with Crippen LogP contribution in [0.2, 0.25) is 0 Å². The van der Waals surface area contributed by atoms with Crippen LogP contribution in [-0.2, 0) is 0 Å². The first-order chi connectivity index (χ1) is 8.54. The van der Waals surface area contributed by atoms with Gasteiger partial charge in [0.25, 0.3) is 0 Å². The zero-order valence-electron chi connectivity index (χ0n) is 10.4. The van der Waals surface area contributed by atoms with E-state index in [0.29, 0.717) is 5.76 Å². The van der Waals surface area contributed by atoms with Crippen molar-refractivity contribution in [2.24, 2.45) is 4.99 Å². The van der Waals surface area contributed by atoms with Gasteiger partial charge in [-0.25, -0.2) is 9.79 Å². The lowest BCUT2D eigenvalue weighted by Gasteiger charge is -2.02. The summed E-state index contributed by atoms with van der Waals surface area (Å²) in [4.78, 5) is 15.3. The summed E-state index contributed by atoms with van der Waals surface area (Å²) < 4.78 is 4.85. The van der Waals surface area contributed by atoms with E-state index < -0.39 is 5.63 Å². The third kappa shape index (κ3) is 4.29. The molecule has 2 N–H and O–H groups in total. The number of aliphatic imine (C=N–C) groups is 1. The van der Waals surface area contributed by atoms with Crippen molar-refractivity contribution in [2.75, 3.05) is 6.54 Å². The highest BCUT2D eigenvalue weighted by Crippen LogP contribution is 2.12.